The van der Waals surface area contributed by atoms with Crippen molar-refractivity contribution in [2.75, 3.05) is 7.11 Å². The van der Waals surface area contributed by atoms with E-state index in [0.29, 0.717) is 22.0 Å². The van der Waals surface area contributed by atoms with Gasteiger partial charge in [0, 0.05) is 12.4 Å². The summed E-state index contributed by atoms with van der Waals surface area (Å²) in [4.78, 5) is 24.7. The fraction of sp³-hybridized carbons (Fsp3) is 0.250. The number of hydrogen-bond donors (Lipinski definition) is 1. The monoisotopic (exact) mass is 369 g/mol. The van der Waals surface area contributed by atoms with Gasteiger partial charge in [0.1, 0.15) is 0 Å². The Morgan fingerprint density at radius 3 is 2.63 bits per heavy atom. The molecular formula is C20H20FN3O3. The number of benzene rings is 2. The van der Waals surface area contributed by atoms with E-state index in [1.165, 1.54) is 23.9 Å². The van der Waals surface area contributed by atoms with Gasteiger partial charge in [0.2, 0.25) is 5.91 Å². The van der Waals surface area contributed by atoms with Crippen molar-refractivity contribution in [3.8, 4) is 5.75 Å². The number of rotatable bonds is 5. The molecule has 0 aliphatic carbocycles. The molecule has 1 unspecified atom stereocenters. The Balaban J connectivity index is 1.80. The lowest BCUT2D eigenvalue weighted by molar-refractivity contribution is -0.121. The maximum absolute atomic E-state index is 13.9. The maximum Gasteiger partial charge on any atom is 0.274 e. The minimum Gasteiger partial charge on any atom is -0.494 e. The summed E-state index contributed by atoms with van der Waals surface area (Å²) >= 11 is 0. The van der Waals surface area contributed by atoms with Gasteiger partial charge in [-0.1, -0.05) is 24.3 Å². The number of nitrogens with one attached hydrogen (secondary N) is 1. The Morgan fingerprint density at radius 2 is 1.96 bits per heavy atom. The number of fused-ring (bicyclic) bond motifs is 1. The number of amides is 1. The number of ether oxygens (including phenoxy) is 1. The molecule has 1 N–H and O–H groups in total. The Hall–Kier alpha value is -3.22. The fourth-order valence-electron chi connectivity index (χ4n) is 2.99. The molecule has 27 heavy (non-hydrogen) atoms. The van der Waals surface area contributed by atoms with E-state index in [4.69, 9.17) is 4.74 Å². The normalized spacial score (nSPS) is 12.0. The van der Waals surface area contributed by atoms with Crippen LogP contribution in [0, 0.1) is 5.82 Å². The molecule has 2 aromatic carbocycles. The molecule has 1 aromatic heterocycles. The average molecular weight is 369 g/mol. The summed E-state index contributed by atoms with van der Waals surface area (Å²) in [5.74, 6) is -0.602. The first-order valence-corrected chi connectivity index (χ1v) is 8.48. The molecule has 0 radical (unpaired) electrons. The zero-order valence-corrected chi connectivity index (χ0v) is 15.3. The smallest absolute Gasteiger partial charge is 0.274 e. The summed E-state index contributed by atoms with van der Waals surface area (Å²) < 4.78 is 20.0. The largest absolute Gasteiger partial charge is 0.494 e. The molecule has 0 spiro atoms. The van der Waals surface area contributed by atoms with Crippen LogP contribution in [0.4, 0.5) is 4.39 Å². The number of halogens is 1. The number of aryl methyl sites for hydroxylation is 1. The molecule has 3 rings (SSSR count). The van der Waals surface area contributed by atoms with Crippen LogP contribution < -0.4 is 15.6 Å². The molecular weight excluding hydrogens is 349 g/mol. The van der Waals surface area contributed by atoms with E-state index >= 15 is 0 Å². The third kappa shape index (κ3) is 3.81. The van der Waals surface area contributed by atoms with Crippen LogP contribution in [0.5, 0.6) is 5.75 Å². The van der Waals surface area contributed by atoms with E-state index in [1.807, 2.05) is 0 Å². The quantitative estimate of drug-likeness (QED) is 0.750. The van der Waals surface area contributed by atoms with Gasteiger partial charge in [-0.05, 0) is 30.7 Å². The van der Waals surface area contributed by atoms with E-state index in [1.54, 1.807) is 44.3 Å². The molecule has 1 atom stereocenters. The van der Waals surface area contributed by atoms with Gasteiger partial charge in [0.15, 0.2) is 11.6 Å². The van der Waals surface area contributed by atoms with Gasteiger partial charge in [-0.3, -0.25) is 9.59 Å². The van der Waals surface area contributed by atoms with Gasteiger partial charge in [-0.2, -0.15) is 5.10 Å². The third-order valence-corrected chi connectivity index (χ3v) is 4.41. The van der Waals surface area contributed by atoms with Crippen molar-refractivity contribution in [3.05, 3.63) is 69.9 Å². The summed E-state index contributed by atoms with van der Waals surface area (Å²) in [6, 6.07) is 11.2. The molecule has 0 fully saturated rings. The predicted molar refractivity (Wildman–Crippen MR) is 100 cm³/mol. The highest BCUT2D eigenvalue weighted by atomic mass is 19.1. The second kappa shape index (κ2) is 7.57. The van der Waals surface area contributed by atoms with Crippen molar-refractivity contribution in [3.63, 3.8) is 0 Å². The van der Waals surface area contributed by atoms with Crippen molar-refractivity contribution >= 4 is 16.7 Å². The summed E-state index contributed by atoms with van der Waals surface area (Å²) in [7, 11) is 2.95. The molecule has 3 aromatic rings. The molecule has 6 nitrogen and oxygen atoms in total. The second-order valence-corrected chi connectivity index (χ2v) is 6.28. The van der Waals surface area contributed by atoms with Crippen LogP contribution in [-0.4, -0.2) is 22.8 Å². The lowest BCUT2D eigenvalue weighted by Crippen LogP contribution is -2.30. The molecule has 0 aliphatic rings. The summed E-state index contributed by atoms with van der Waals surface area (Å²) in [5.41, 5.74) is 0.926. The van der Waals surface area contributed by atoms with Crippen LogP contribution >= 0.6 is 0 Å². The van der Waals surface area contributed by atoms with Gasteiger partial charge >= 0.3 is 0 Å². The van der Waals surface area contributed by atoms with Gasteiger partial charge in [0.05, 0.1) is 30.7 Å². The van der Waals surface area contributed by atoms with Gasteiger partial charge in [-0.25, -0.2) is 9.07 Å². The molecule has 0 saturated carbocycles. The Morgan fingerprint density at radius 1 is 1.26 bits per heavy atom. The number of methoxy groups -OCH3 is 1. The minimum atomic E-state index is -0.484. The molecule has 140 valence electrons. The van der Waals surface area contributed by atoms with Crippen molar-refractivity contribution in [2.45, 2.75) is 19.4 Å². The SMILES string of the molecule is COc1ccc(C(C)NC(=O)Cc2nn(C)c(=O)c3ccccc23)cc1F. The zero-order chi connectivity index (χ0) is 19.6. The lowest BCUT2D eigenvalue weighted by Gasteiger charge is -2.16. The van der Waals surface area contributed by atoms with Crippen molar-refractivity contribution in [1.29, 1.82) is 0 Å². The number of hydrogen-bond acceptors (Lipinski definition) is 4. The van der Waals surface area contributed by atoms with Crippen LogP contribution in [0.25, 0.3) is 10.8 Å². The van der Waals surface area contributed by atoms with Crippen LogP contribution in [0.1, 0.15) is 24.2 Å². The minimum absolute atomic E-state index is 0.0115. The van der Waals surface area contributed by atoms with Gasteiger partial charge < -0.3 is 10.1 Å². The molecule has 0 bridgehead atoms. The van der Waals surface area contributed by atoms with E-state index in [2.05, 4.69) is 10.4 Å². The summed E-state index contributed by atoms with van der Waals surface area (Å²) in [6.45, 7) is 1.77. The first-order valence-electron chi connectivity index (χ1n) is 8.48. The summed E-state index contributed by atoms with van der Waals surface area (Å²) in [6.07, 6.45) is 0.0115. The number of nitrogens with zero attached hydrogens (tertiary/aromatic N) is 2. The van der Waals surface area contributed by atoms with Crippen molar-refractivity contribution in [2.24, 2.45) is 7.05 Å². The van der Waals surface area contributed by atoms with Crippen LogP contribution in [0.2, 0.25) is 0 Å². The predicted octanol–water partition coefficient (Wildman–Crippen LogP) is 2.50. The Labute approximate surface area is 155 Å². The van der Waals surface area contributed by atoms with Crippen LogP contribution in [-0.2, 0) is 18.3 Å². The van der Waals surface area contributed by atoms with Gasteiger partial charge in [-0.15, -0.1) is 0 Å². The highest BCUT2D eigenvalue weighted by Crippen LogP contribution is 2.22. The first kappa shape index (κ1) is 18.6. The van der Waals surface area contributed by atoms with E-state index in [0.717, 1.165) is 0 Å². The Bertz CT molecular complexity index is 1060. The van der Waals surface area contributed by atoms with E-state index < -0.39 is 11.9 Å². The average Bonchev–Trinajstić information content (AvgIpc) is 2.65. The highest BCUT2D eigenvalue weighted by molar-refractivity contribution is 5.88. The standard InChI is InChI=1S/C20H20FN3O3/c1-12(13-8-9-18(27-3)16(21)10-13)22-19(25)11-17-14-6-4-5-7-15(14)20(26)24(2)23-17/h4-10,12H,11H2,1-3H3,(H,22,25). The molecule has 1 amide bonds. The molecule has 1 heterocycles. The lowest BCUT2D eigenvalue weighted by atomic mass is 10.1. The topological polar surface area (TPSA) is 73.2 Å². The van der Waals surface area contributed by atoms with Crippen molar-refractivity contribution in [1.82, 2.24) is 15.1 Å². The number of aromatic nitrogens is 2. The maximum atomic E-state index is 13.9. The molecule has 0 aliphatic heterocycles. The fourth-order valence-corrected chi connectivity index (χ4v) is 2.99. The number of carbonyl (C=O) groups is 1. The highest BCUT2D eigenvalue weighted by Gasteiger charge is 2.16. The molecule has 7 heteroatoms. The zero-order valence-electron chi connectivity index (χ0n) is 15.3. The van der Waals surface area contributed by atoms with E-state index in [9.17, 15) is 14.0 Å². The number of carbonyl (C=O) groups excluding carboxylic acids is 1. The summed E-state index contributed by atoms with van der Waals surface area (Å²) in [5, 5.41) is 8.23. The molecule has 0 saturated heterocycles. The van der Waals surface area contributed by atoms with Gasteiger partial charge in [0.25, 0.3) is 5.56 Å². The third-order valence-electron chi connectivity index (χ3n) is 4.41. The Kier molecular flexibility index (Phi) is 5.21. The second-order valence-electron chi connectivity index (χ2n) is 6.28. The van der Waals surface area contributed by atoms with Crippen LogP contribution in [0.3, 0.4) is 0 Å². The first-order chi connectivity index (χ1) is 12.9. The van der Waals surface area contributed by atoms with E-state index in [-0.39, 0.29) is 23.6 Å². The van der Waals surface area contributed by atoms with Crippen molar-refractivity contribution < 1.29 is 13.9 Å². The van der Waals surface area contributed by atoms with Crippen LogP contribution in [0.15, 0.2) is 47.3 Å².